The second kappa shape index (κ2) is 7.70. The molecule has 1 amide bonds. The van der Waals surface area contributed by atoms with Gasteiger partial charge in [0.05, 0.1) is 11.8 Å². The second-order valence-corrected chi connectivity index (χ2v) is 7.01. The number of carbonyl (C=O) groups is 1. The van der Waals surface area contributed by atoms with Gasteiger partial charge in [-0.3, -0.25) is 4.79 Å². The molecule has 0 aliphatic heterocycles. The van der Waals surface area contributed by atoms with Gasteiger partial charge in [0.25, 0.3) is 0 Å². The molecule has 2 rings (SSSR count). The zero-order valence-electron chi connectivity index (χ0n) is 13.7. The minimum Gasteiger partial charge on any atom is -0.463 e. The number of carbonyl (C=O) groups excluding carboxylic acids is 1. The van der Waals surface area contributed by atoms with Crippen LogP contribution in [-0.2, 0) is 10.4 Å². The molecular weight excluding hydrogens is 310 g/mol. The van der Waals surface area contributed by atoms with Crippen molar-refractivity contribution in [3.63, 3.8) is 0 Å². The van der Waals surface area contributed by atoms with E-state index in [-0.39, 0.29) is 17.7 Å². The summed E-state index contributed by atoms with van der Waals surface area (Å²) in [5.74, 6) is 1.11. The highest BCUT2D eigenvalue weighted by molar-refractivity contribution is 8.00. The summed E-state index contributed by atoms with van der Waals surface area (Å²) in [6, 6.07) is 13.4. The first-order valence-corrected chi connectivity index (χ1v) is 8.59. The molecule has 1 aromatic heterocycles. The van der Waals surface area contributed by atoms with Crippen LogP contribution in [0.3, 0.4) is 0 Å². The normalized spacial score (nSPS) is 15.0. The van der Waals surface area contributed by atoms with Crippen LogP contribution in [-0.4, -0.2) is 22.8 Å². The molecule has 0 radical (unpaired) electrons. The van der Waals surface area contributed by atoms with Gasteiger partial charge in [-0.2, -0.15) is 0 Å². The Bertz CT molecular complexity index is 637. The van der Waals surface area contributed by atoms with E-state index in [1.807, 2.05) is 44.2 Å². The Kier molecular flexibility index (Phi) is 5.91. The molecule has 0 saturated carbocycles. The molecule has 23 heavy (non-hydrogen) atoms. The molecule has 0 aliphatic carbocycles. The van der Waals surface area contributed by atoms with Gasteiger partial charge in [0.1, 0.15) is 17.1 Å². The summed E-state index contributed by atoms with van der Waals surface area (Å²) < 4.78 is 5.46. The third kappa shape index (κ3) is 4.88. The van der Waals surface area contributed by atoms with E-state index >= 15 is 0 Å². The number of nitrogens with one attached hydrogen (secondary N) is 1. The monoisotopic (exact) mass is 333 g/mol. The van der Waals surface area contributed by atoms with Crippen molar-refractivity contribution in [3.05, 3.63) is 54.0 Å². The van der Waals surface area contributed by atoms with Crippen molar-refractivity contribution in [1.82, 2.24) is 5.32 Å². The smallest absolute Gasteiger partial charge is 0.233 e. The molecule has 2 unspecified atom stereocenters. The number of thioether (sulfide) groups is 1. The van der Waals surface area contributed by atoms with Gasteiger partial charge in [0.2, 0.25) is 5.91 Å². The van der Waals surface area contributed by atoms with E-state index in [2.05, 4.69) is 5.32 Å². The van der Waals surface area contributed by atoms with E-state index in [0.717, 1.165) is 10.7 Å². The van der Waals surface area contributed by atoms with Crippen molar-refractivity contribution < 1.29 is 14.3 Å². The fourth-order valence-corrected chi connectivity index (χ4v) is 3.17. The quantitative estimate of drug-likeness (QED) is 0.762. The molecule has 0 aliphatic rings. The zero-order valence-corrected chi connectivity index (χ0v) is 14.5. The lowest BCUT2D eigenvalue weighted by Gasteiger charge is -2.23. The third-order valence-corrected chi connectivity index (χ3v) is 4.94. The summed E-state index contributed by atoms with van der Waals surface area (Å²) in [4.78, 5) is 13.4. The average Bonchev–Trinajstić information content (AvgIpc) is 2.99. The molecule has 124 valence electrons. The van der Waals surface area contributed by atoms with Crippen molar-refractivity contribution >= 4 is 17.7 Å². The first-order chi connectivity index (χ1) is 10.9. The highest BCUT2D eigenvalue weighted by atomic mass is 32.2. The van der Waals surface area contributed by atoms with Gasteiger partial charge < -0.3 is 14.8 Å². The summed E-state index contributed by atoms with van der Waals surface area (Å²) in [6.07, 6.45) is 0.716. The van der Waals surface area contributed by atoms with Crippen molar-refractivity contribution in [1.29, 1.82) is 0 Å². The molecule has 5 heteroatoms. The average molecular weight is 333 g/mol. The summed E-state index contributed by atoms with van der Waals surface area (Å²) in [7, 11) is 0. The van der Waals surface area contributed by atoms with E-state index in [1.54, 1.807) is 19.1 Å². The minimum atomic E-state index is -1.22. The predicted molar refractivity (Wildman–Crippen MR) is 92.4 cm³/mol. The largest absolute Gasteiger partial charge is 0.463 e. The first kappa shape index (κ1) is 17.6. The molecule has 2 atom stereocenters. The van der Waals surface area contributed by atoms with Crippen molar-refractivity contribution in [2.75, 3.05) is 6.54 Å². The summed E-state index contributed by atoms with van der Waals surface area (Å²) in [5.41, 5.74) is -1.22. The molecule has 2 aromatic rings. The van der Waals surface area contributed by atoms with Gasteiger partial charge in [-0.15, -0.1) is 11.8 Å². The number of benzene rings is 1. The Balaban J connectivity index is 1.94. The van der Waals surface area contributed by atoms with E-state index < -0.39 is 5.60 Å². The molecular formula is C18H23NO3S. The molecule has 4 nitrogen and oxygen atoms in total. The predicted octanol–water partition coefficient (Wildman–Crippen LogP) is 3.48. The molecule has 1 heterocycles. The number of amides is 1. The Morgan fingerprint density at radius 2 is 2.00 bits per heavy atom. The number of rotatable bonds is 7. The highest BCUT2D eigenvalue weighted by Gasteiger charge is 2.28. The van der Waals surface area contributed by atoms with Crippen LogP contribution in [0.5, 0.6) is 0 Å². The van der Waals surface area contributed by atoms with Crippen molar-refractivity contribution in [2.45, 2.75) is 42.9 Å². The van der Waals surface area contributed by atoms with Crippen LogP contribution in [0.1, 0.15) is 31.8 Å². The molecule has 2 N–H and O–H groups in total. The third-order valence-electron chi connectivity index (χ3n) is 3.56. The Hall–Kier alpha value is -1.72. The van der Waals surface area contributed by atoms with E-state index in [0.29, 0.717) is 12.2 Å². The van der Waals surface area contributed by atoms with Crippen molar-refractivity contribution in [2.24, 2.45) is 0 Å². The van der Waals surface area contributed by atoms with Crippen LogP contribution in [0.4, 0.5) is 0 Å². The maximum Gasteiger partial charge on any atom is 0.233 e. The number of hydrogen-bond acceptors (Lipinski definition) is 4. The number of hydrogen-bond donors (Lipinski definition) is 2. The lowest BCUT2D eigenvalue weighted by Crippen LogP contribution is -2.41. The molecule has 1 aromatic carbocycles. The van der Waals surface area contributed by atoms with Crippen LogP contribution < -0.4 is 5.32 Å². The summed E-state index contributed by atoms with van der Waals surface area (Å²) in [5, 5.41) is 13.1. The molecule has 0 saturated heterocycles. The SMILES string of the molecule is CCC(Sc1ccccc1)C(=O)NCC(C)(O)c1ccc(C)o1. The lowest BCUT2D eigenvalue weighted by molar-refractivity contribution is -0.122. The number of aryl methyl sites for hydroxylation is 1. The summed E-state index contributed by atoms with van der Waals surface area (Å²) in [6.45, 7) is 5.55. The topological polar surface area (TPSA) is 62.5 Å². The summed E-state index contributed by atoms with van der Waals surface area (Å²) >= 11 is 1.53. The van der Waals surface area contributed by atoms with Gasteiger partial charge >= 0.3 is 0 Å². The molecule has 0 spiro atoms. The van der Waals surface area contributed by atoms with Gasteiger partial charge in [-0.25, -0.2) is 0 Å². The fraction of sp³-hybridized carbons (Fsp3) is 0.389. The Morgan fingerprint density at radius 3 is 2.57 bits per heavy atom. The van der Waals surface area contributed by atoms with Gasteiger partial charge in [-0.05, 0) is 44.5 Å². The molecule has 0 fully saturated rings. The number of aliphatic hydroxyl groups is 1. The van der Waals surface area contributed by atoms with Crippen LogP contribution in [0, 0.1) is 6.92 Å². The van der Waals surface area contributed by atoms with Crippen LogP contribution in [0.15, 0.2) is 51.8 Å². The van der Waals surface area contributed by atoms with E-state index in [1.165, 1.54) is 11.8 Å². The zero-order chi connectivity index (χ0) is 16.9. The van der Waals surface area contributed by atoms with E-state index in [4.69, 9.17) is 4.42 Å². The van der Waals surface area contributed by atoms with Crippen LogP contribution in [0.25, 0.3) is 0 Å². The van der Waals surface area contributed by atoms with Gasteiger partial charge in [0.15, 0.2) is 0 Å². The standard InChI is InChI=1S/C18H23NO3S/c1-4-15(23-14-8-6-5-7-9-14)17(20)19-12-18(3,21)16-11-10-13(2)22-16/h5-11,15,21H,4,12H2,1-3H3,(H,19,20). The minimum absolute atomic E-state index is 0.0788. The van der Waals surface area contributed by atoms with Crippen molar-refractivity contribution in [3.8, 4) is 0 Å². The van der Waals surface area contributed by atoms with E-state index in [9.17, 15) is 9.90 Å². The fourth-order valence-electron chi connectivity index (χ4n) is 2.17. The van der Waals surface area contributed by atoms with Gasteiger partial charge in [0, 0.05) is 4.90 Å². The maximum absolute atomic E-state index is 12.4. The van der Waals surface area contributed by atoms with Crippen LogP contribution in [0.2, 0.25) is 0 Å². The maximum atomic E-state index is 12.4. The van der Waals surface area contributed by atoms with Gasteiger partial charge in [-0.1, -0.05) is 25.1 Å². The molecule has 0 bridgehead atoms. The highest BCUT2D eigenvalue weighted by Crippen LogP contribution is 2.26. The number of furan rings is 1. The lowest BCUT2D eigenvalue weighted by atomic mass is 10.0. The second-order valence-electron chi connectivity index (χ2n) is 5.73. The van der Waals surface area contributed by atoms with Crippen LogP contribution >= 0.6 is 11.8 Å². The Morgan fingerprint density at radius 1 is 1.30 bits per heavy atom. The first-order valence-electron chi connectivity index (χ1n) is 7.71. The Labute approximate surface area is 141 Å².